The summed E-state index contributed by atoms with van der Waals surface area (Å²) in [6, 6.07) is 10.6. The Hall–Kier alpha value is -1.79. The van der Waals surface area contributed by atoms with Gasteiger partial charge in [-0.1, -0.05) is 51.6 Å². The van der Waals surface area contributed by atoms with Crippen molar-refractivity contribution in [2.75, 3.05) is 19.8 Å². The Bertz CT molecular complexity index is 830. The second kappa shape index (κ2) is 13.5. The molecule has 1 N–H and O–H groups in total. The van der Waals surface area contributed by atoms with Crippen LogP contribution >= 0.6 is 46.4 Å². The van der Waals surface area contributed by atoms with Crippen molar-refractivity contribution in [3.05, 3.63) is 62.6 Å². The first-order valence-electron chi connectivity index (χ1n) is 9.15. The molecule has 2 aromatic rings. The molecule has 0 radical (unpaired) electrons. The van der Waals surface area contributed by atoms with Crippen LogP contribution in [0.4, 0.5) is 0 Å². The van der Waals surface area contributed by atoms with E-state index in [1.54, 1.807) is 12.1 Å². The van der Waals surface area contributed by atoms with Crippen molar-refractivity contribution >= 4 is 52.6 Å². The second-order valence-electron chi connectivity index (χ2n) is 6.09. The number of rotatable bonds is 12. The molecular formula is C21H21Cl4NO4. The molecule has 162 valence electrons. The van der Waals surface area contributed by atoms with Gasteiger partial charge >= 0.3 is 0 Å². The molecule has 2 aromatic carbocycles. The van der Waals surface area contributed by atoms with Gasteiger partial charge < -0.3 is 19.4 Å². The van der Waals surface area contributed by atoms with Gasteiger partial charge in [-0.2, -0.15) is 0 Å². The summed E-state index contributed by atoms with van der Waals surface area (Å²) in [4.78, 5) is 0. The maximum absolute atomic E-state index is 8.49. The van der Waals surface area contributed by atoms with Gasteiger partial charge in [-0.05, 0) is 55.2 Å². The van der Waals surface area contributed by atoms with E-state index in [1.807, 2.05) is 24.3 Å². The number of oxime groups is 1. The summed E-state index contributed by atoms with van der Waals surface area (Å²) >= 11 is 23.5. The minimum Gasteiger partial charge on any atom is -0.494 e. The minimum atomic E-state index is 0.128. The number of hydrogen-bond acceptors (Lipinski definition) is 5. The highest BCUT2D eigenvalue weighted by atomic mass is 35.5. The molecule has 0 heterocycles. The average Bonchev–Trinajstić information content (AvgIpc) is 2.70. The van der Waals surface area contributed by atoms with Crippen LogP contribution in [-0.2, 0) is 0 Å². The highest BCUT2D eigenvalue weighted by Crippen LogP contribution is 2.37. The van der Waals surface area contributed by atoms with E-state index in [4.69, 9.17) is 65.8 Å². The molecule has 0 bridgehead atoms. The minimum absolute atomic E-state index is 0.128. The fourth-order valence-corrected chi connectivity index (χ4v) is 3.12. The van der Waals surface area contributed by atoms with Crippen LogP contribution in [-0.4, -0.2) is 31.2 Å². The molecule has 0 spiro atoms. The standard InChI is InChI=1S/C21H21Cl4NO4/c22-18-12-17(29-11-8-20(24)25)13-19(23)21(18)30-10-3-1-2-9-28-16-6-4-15(5-7-16)14-26-27/h4-8,12-14,27H,1-3,9-11H2/b26-14+. The molecule has 0 aliphatic rings. The zero-order valence-corrected chi connectivity index (χ0v) is 19.0. The Labute approximate surface area is 195 Å². The van der Waals surface area contributed by atoms with Crippen LogP contribution in [0.15, 0.2) is 52.1 Å². The van der Waals surface area contributed by atoms with Crippen molar-refractivity contribution in [3.8, 4) is 17.2 Å². The van der Waals surface area contributed by atoms with Gasteiger partial charge in [0.25, 0.3) is 0 Å². The first-order chi connectivity index (χ1) is 14.5. The average molecular weight is 493 g/mol. The lowest BCUT2D eigenvalue weighted by atomic mass is 10.2. The van der Waals surface area contributed by atoms with Crippen LogP contribution < -0.4 is 14.2 Å². The van der Waals surface area contributed by atoms with E-state index < -0.39 is 0 Å². The molecule has 30 heavy (non-hydrogen) atoms. The lowest BCUT2D eigenvalue weighted by Crippen LogP contribution is -2.02. The molecule has 0 fully saturated rings. The predicted octanol–water partition coefficient (Wildman–Crippen LogP) is 7.13. The summed E-state index contributed by atoms with van der Waals surface area (Å²) in [5.74, 6) is 1.70. The van der Waals surface area contributed by atoms with Crippen LogP contribution in [0.3, 0.4) is 0 Å². The number of nitrogens with zero attached hydrogens (tertiary/aromatic N) is 1. The lowest BCUT2D eigenvalue weighted by Gasteiger charge is -2.12. The van der Waals surface area contributed by atoms with Crippen LogP contribution in [0.2, 0.25) is 10.0 Å². The highest BCUT2D eigenvalue weighted by molar-refractivity contribution is 6.55. The summed E-state index contributed by atoms with van der Waals surface area (Å²) in [7, 11) is 0. The molecule has 0 unspecified atom stereocenters. The van der Waals surface area contributed by atoms with Crippen molar-refractivity contribution in [3.63, 3.8) is 0 Å². The Morgan fingerprint density at radius 3 is 2.10 bits per heavy atom. The third-order valence-corrected chi connectivity index (χ3v) is 4.72. The summed E-state index contributed by atoms with van der Waals surface area (Å²) in [6.45, 7) is 1.29. The summed E-state index contributed by atoms with van der Waals surface area (Å²) in [5.41, 5.74) is 0.801. The van der Waals surface area contributed by atoms with Gasteiger partial charge in [-0.3, -0.25) is 0 Å². The summed E-state index contributed by atoms with van der Waals surface area (Å²) in [6.07, 6.45) is 5.52. The monoisotopic (exact) mass is 491 g/mol. The fraction of sp³-hybridized carbons (Fsp3) is 0.286. The predicted molar refractivity (Wildman–Crippen MR) is 122 cm³/mol. The van der Waals surface area contributed by atoms with Crippen LogP contribution in [0.1, 0.15) is 24.8 Å². The van der Waals surface area contributed by atoms with Crippen LogP contribution in [0, 0.1) is 0 Å². The van der Waals surface area contributed by atoms with Crippen LogP contribution in [0.5, 0.6) is 17.2 Å². The number of hydrogen-bond donors (Lipinski definition) is 1. The smallest absolute Gasteiger partial charge is 0.156 e. The van der Waals surface area contributed by atoms with E-state index in [1.165, 1.54) is 12.3 Å². The maximum atomic E-state index is 8.49. The molecule has 0 saturated heterocycles. The van der Waals surface area contributed by atoms with Crippen molar-refractivity contribution in [2.45, 2.75) is 19.3 Å². The van der Waals surface area contributed by atoms with E-state index in [0.29, 0.717) is 34.8 Å². The molecule has 2 rings (SSSR count). The van der Waals surface area contributed by atoms with Gasteiger partial charge in [-0.25, -0.2) is 0 Å². The van der Waals surface area contributed by atoms with Gasteiger partial charge in [0.2, 0.25) is 0 Å². The largest absolute Gasteiger partial charge is 0.494 e. The second-order valence-corrected chi connectivity index (χ2v) is 7.91. The molecule has 0 aromatic heterocycles. The Balaban J connectivity index is 1.67. The number of unbranched alkanes of at least 4 members (excludes halogenated alkanes) is 2. The van der Waals surface area contributed by atoms with Crippen molar-refractivity contribution in [1.29, 1.82) is 0 Å². The van der Waals surface area contributed by atoms with Crippen molar-refractivity contribution < 1.29 is 19.4 Å². The highest BCUT2D eigenvalue weighted by Gasteiger charge is 2.10. The van der Waals surface area contributed by atoms with E-state index in [-0.39, 0.29) is 11.1 Å². The zero-order chi connectivity index (χ0) is 21.8. The first-order valence-corrected chi connectivity index (χ1v) is 10.7. The SMILES string of the molecule is O/N=C/c1ccc(OCCCCCOc2c(Cl)cc(OCC=C(Cl)Cl)cc2Cl)cc1. The van der Waals surface area contributed by atoms with Gasteiger partial charge in [0.1, 0.15) is 22.6 Å². The third-order valence-electron chi connectivity index (χ3n) is 3.85. The molecular weight excluding hydrogens is 472 g/mol. The number of ether oxygens (including phenoxy) is 3. The van der Waals surface area contributed by atoms with Crippen molar-refractivity contribution in [1.82, 2.24) is 0 Å². The summed E-state index contributed by atoms with van der Waals surface area (Å²) < 4.78 is 17.0. The topological polar surface area (TPSA) is 60.3 Å². The van der Waals surface area contributed by atoms with E-state index in [9.17, 15) is 0 Å². The molecule has 0 atom stereocenters. The van der Waals surface area contributed by atoms with Gasteiger partial charge in [0, 0.05) is 12.1 Å². The molecule has 9 heteroatoms. The fourth-order valence-electron chi connectivity index (χ4n) is 2.42. The summed E-state index contributed by atoms with van der Waals surface area (Å²) in [5, 5.41) is 12.2. The van der Waals surface area contributed by atoms with Gasteiger partial charge in [-0.15, -0.1) is 0 Å². The molecule has 5 nitrogen and oxygen atoms in total. The first kappa shape index (κ1) is 24.5. The molecule has 0 saturated carbocycles. The normalized spacial score (nSPS) is 10.8. The third kappa shape index (κ3) is 8.92. The molecule has 0 aliphatic heterocycles. The Morgan fingerprint density at radius 2 is 1.50 bits per heavy atom. The number of benzene rings is 2. The quantitative estimate of drug-likeness (QED) is 0.148. The maximum Gasteiger partial charge on any atom is 0.156 e. The lowest BCUT2D eigenvalue weighted by molar-refractivity contribution is 0.279. The Morgan fingerprint density at radius 1 is 0.867 bits per heavy atom. The van der Waals surface area contributed by atoms with E-state index in [0.717, 1.165) is 30.6 Å². The van der Waals surface area contributed by atoms with Crippen LogP contribution in [0.25, 0.3) is 0 Å². The van der Waals surface area contributed by atoms with Gasteiger partial charge in [0.15, 0.2) is 5.75 Å². The molecule has 0 amide bonds. The zero-order valence-electron chi connectivity index (χ0n) is 16.0. The Kier molecular flexibility index (Phi) is 11.0. The van der Waals surface area contributed by atoms with E-state index >= 15 is 0 Å². The van der Waals surface area contributed by atoms with Crippen molar-refractivity contribution in [2.24, 2.45) is 5.16 Å². The van der Waals surface area contributed by atoms with E-state index in [2.05, 4.69) is 5.16 Å². The number of halogens is 4. The van der Waals surface area contributed by atoms with Gasteiger partial charge in [0.05, 0.1) is 29.5 Å². The molecule has 0 aliphatic carbocycles.